The Morgan fingerprint density at radius 3 is 1.67 bits per heavy atom. The van der Waals surface area contributed by atoms with Crippen molar-refractivity contribution in [1.82, 2.24) is 0 Å². The molecule has 124 valence electrons. The number of hydrogen-bond donors (Lipinski definition) is 0. The van der Waals surface area contributed by atoms with Gasteiger partial charge >= 0.3 is 0 Å². The summed E-state index contributed by atoms with van der Waals surface area (Å²) in [5.41, 5.74) is 0.507. The summed E-state index contributed by atoms with van der Waals surface area (Å²) in [6.45, 7) is 22.9. The second-order valence-electron chi connectivity index (χ2n) is 8.97. The molecule has 0 spiro atoms. The molecule has 0 saturated heterocycles. The zero-order chi connectivity index (χ0) is 16.4. The highest BCUT2D eigenvalue weighted by Gasteiger charge is 2.38. The minimum absolute atomic E-state index is 0.0703. The summed E-state index contributed by atoms with van der Waals surface area (Å²) in [6, 6.07) is 0. The number of allylic oxidation sites excluding steroid dienone is 1. The van der Waals surface area contributed by atoms with E-state index in [0.717, 1.165) is 11.7 Å². The molecule has 0 unspecified atom stereocenters. The van der Waals surface area contributed by atoms with Gasteiger partial charge < -0.3 is 4.74 Å². The standard InChI is InChI=1S/C20H38O/c1-14(2)20(9,15(3)4)16(5)21-18-12-10-17(11-13-18)19(6,7)8/h14-15,17-18H,5,10-13H2,1-4,6-9H3. The fourth-order valence-electron chi connectivity index (χ4n) is 3.69. The highest BCUT2D eigenvalue weighted by Crippen LogP contribution is 2.44. The average Bonchev–Trinajstić information content (AvgIpc) is 2.36. The Morgan fingerprint density at radius 1 is 0.905 bits per heavy atom. The molecular weight excluding hydrogens is 256 g/mol. The summed E-state index contributed by atoms with van der Waals surface area (Å²) in [6.07, 6.45) is 5.34. The Labute approximate surface area is 133 Å². The first-order chi connectivity index (χ1) is 9.49. The average molecular weight is 295 g/mol. The second-order valence-corrected chi connectivity index (χ2v) is 8.97. The summed E-state index contributed by atoms with van der Waals surface area (Å²) >= 11 is 0. The van der Waals surface area contributed by atoms with Crippen molar-refractivity contribution in [3.63, 3.8) is 0 Å². The molecule has 1 aliphatic rings. The van der Waals surface area contributed by atoms with Gasteiger partial charge in [-0.25, -0.2) is 0 Å². The van der Waals surface area contributed by atoms with E-state index in [1.165, 1.54) is 25.7 Å². The van der Waals surface area contributed by atoms with Gasteiger partial charge in [-0.2, -0.15) is 0 Å². The van der Waals surface area contributed by atoms with Crippen molar-refractivity contribution in [3.05, 3.63) is 12.3 Å². The van der Waals surface area contributed by atoms with Gasteiger partial charge in [0.15, 0.2) is 0 Å². The summed E-state index contributed by atoms with van der Waals surface area (Å²) in [7, 11) is 0. The lowest BCUT2D eigenvalue weighted by atomic mass is 9.69. The van der Waals surface area contributed by atoms with E-state index in [1.807, 2.05) is 0 Å². The topological polar surface area (TPSA) is 9.23 Å². The normalized spacial score (nSPS) is 24.5. The van der Waals surface area contributed by atoms with Crippen LogP contribution in [-0.4, -0.2) is 6.10 Å². The molecule has 0 aliphatic heterocycles. The molecule has 0 aromatic heterocycles. The van der Waals surface area contributed by atoms with E-state index in [2.05, 4.69) is 62.0 Å². The van der Waals surface area contributed by atoms with Crippen LogP contribution in [0.1, 0.15) is 81.1 Å². The van der Waals surface area contributed by atoms with Crippen LogP contribution in [0.5, 0.6) is 0 Å². The fourth-order valence-corrected chi connectivity index (χ4v) is 3.69. The van der Waals surface area contributed by atoms with Crippen LogP contribution in [0.4, 0.5) is 0 Å². The minimum Gasteiger partial charge on any atom is -0.495 e. The lowest BCUT2D eigenvalue weighted by Gasteiger charge is -2.42. The molecule has 0 amide bonds. The first-order valence-corrected chi connectivity index (χ1v) is 8.85. The predicted molar refractivity (Wildman–Crippen MR) is 93.2 cm³/mol. The molecule has 1 nitrogen and oxygen atoms in total. The Balaban J connectivity index is 2.61. The maximum atomic E-state index is 6.35. The lowest BCUT2D eigenvalue weighted by molar-refractivity contribution is -0.00604. The van der Waals surface area contributed by atoms with Crippen LogP contribution in [0, 0.1) is 28.6 Å². The summed E-state index contributed by atoms with van der Waals surface area (Å²) in [4.78, 5) is 0. The van der Waals surface area contributed by atoms with E-state index < -0.39 is 0 Å². The van der Waals surface area contributed by atoms with Gasteiger partial charge in [0.2, 0.25) is 0 Å². The van der Waals surface area contributed by atoms with Crippen molar-refractivity contribution in [2.45, 2.75) is 87.2 Å². The van der Waals surface area contributed by atoms with Crippen molar-refractivity contribution in [2.75, 3.05) is 0 Å². The van der Waals surface area contributed by atoms with E-state index in [9.17, 15) is 0 Å². The smallest absolute Gasteiger partial charge is 0.0982 e. The molecule has 0 bridgehead atoms. The third-order valence-electron chi connectivity index (χ3n) is 6.21. The summed E-state index contributed by atoms with van der Waals surface area (Å²) in [5, 5.41) is 0. The fraction of sp³-hybridized carbons (Fsp3) is 0.900. The molecule has 1 rings (SSSR count). The zero-order valence-electron chi connectivity index (χ0n) is 15.8. The van der Waals surface area contributed by atoms with Crippen LogP contribution in [-0.2, 0) is 4.74 Å². The Kier molecular flexibility index (Phi) is 5.98. The monoisotopic (exact) mass is 294 g/mol. The van der Waals surface area contributed by atoms with Crippen molar-refractivity contribution < 1.29 is 4.74 Å². The van der Waals surface area contributed by atoms with Gasteiger partial charge in [0.05, 0.1) is 11.9 Å². The largest absolute Gasteiger partial charge is 0.495 e. The van der Waals surface area contributed by atoms with Crippen LogP contribution in [0.15, 0.2) is 12.3 Å². The van der Waals surface area contributed by atoms with Gasteiger partial charge in [-0.1, -0.05) is 62.0 Å². The predicted octanol–water partition coefficient (Wildman–Crippen LogP) is 6.44. The maximum Gasteiger partial charge on any atom is 0.0982 e. The van der Waals surface area contributed by atoms with E-state index in [-0.39, 0.29) is 5.41 Å². The van der Waals surface area contributed by atoms with Crippen LogP contribution in [0.25, 0.3) is 0 Å². The first-order valence-electron chi connectivity index (χ1n) is 8.85. The molecule has 0 aromatic rings. The van der Waals surface area contributed by atoms with E-state index in [1.54, 1.807) is 0 Å². The molecule has 0 radical (unpaired) electrons. The van der Waals surface area contributed by atoms with Gasteiger partial charge in [-0.15, -0.1) is 0 Å². The molecule has 1 heteroatoms. The van der Waals surface area contributed by atoms with Gasteiger partial charge in [0.1, 0.15) is 0 Å². The van der Waals surface area contributed by atoms with Gasteiger partial charge in [-0.3, -0.25) is 0 Å². The molecule has 0 aromatic carbocycles. The van der Waals surface area contributed by atoms with E-state index in [4.69, 9.17) is 4.74 Å². The van der Waals surface area contributed by atoms with Crippen LogP contribution >= 0.6 is 0 Å². The van der Waals surface area contributed by atoms with Crippen molar-refractivity contribution in [3.8, 4) is 0 Å². The van der Waals surface area contributed by atoms with E-state index >= 15 is 0 Å². The number of ether oxygens (including phenoxy) is 1. The van der Waals surface area contributed by atoms with E-state index in [0.29, 0.717) is 23.4 Å². The van der Waals surface area contributed by atoms with Gasteiger partial charge in [0.25, 0.3) is 0 Å². The highest BCUT2D eigenvalue weighted by atomic mass is 16.5. The van der Waals surface area contributed by atoms with Crippen molar-refractivity contribution in [1.29, 1.82) is 0 Å². The Morgan fingerprint density at radius 2 is 1.33 bits per heavy atom. The second kappa shape index (κ2) is 6.75. The van der Waals surface area contributed by atoms with Crippen molar-refractivity contribution >= 4 is 0 Å². The van der Waals surface area contributed by atoms with Crippen LogP contribution in [0.3, 0.4) is 0 Å². The summed E-state index contributed by atoms with van der Waals surface area (Å²) < 4.78 is 6.35. The third kappa shape index (κ3) is 4.27. The first kappa shape index (κ1) is 18.6. The molecular formula is C20H38O. The molecule has 0 heterocycles. The third-order valence-corrected chi connectivity index (χ3v) is 6.21. The molecule has 1 fully saturated rings. The quantitative estimate of drug-likeness (QED) is 0.530. The molecule has 21 heavy (non-hydrogen) atoms. The molecule has 0 N–H and O–H groups in total. The Bertz CT molecular complexity index is 329. The maximum absolute atomic E-state index is 6.35. The molecule has 1 saturated carbocycles. The highest BCUT2D eigenvalue weighted by molar-refractivity contribution is 5.05. The molecule has 1 aliphatic carbocycles. The van der Waals surface area contributed by atoms with Crippen LogP contribution in [0.2, 0.25) is 0 Å². The number of hydrogen-bond acceptors (Lipinski definition) is 1. The molecule has 0 atom stereocenters. The lowest BCUT2D eigenvalue weighted by Crippen LogP contribution is -2.36. The minimum atomic E-state index is 0.0703. The SMILES string of the molecule is C=C(OC1CCC(C(C)(C)C)CC1)C(C)(C(C)C)C(C)C. The van der Waals surface area contributed by atoms with Gasteiger partial charge in [0, 0.05) is 5.41 Å². The zero-order valence-corrected chi connectivity index (χ0v) is 15.8. The summed E-state index contributed by atoms with van der Waals surface area (Å²) in [5.74, 6) is 2.95. The van der Waals surface area contributed by atoms with Gasteiger partial charge in [-0.05, 0) is 48.9 Å². The number of rotatable bonds is 5. The van der Waals surface area contributed by atoms with Crippen LogP contribution < -0.4 is 0 Å². The Hall–Kier alpha value is -0.460. The van der Waals surface area contributed by atoms with Crippen molar-refractivity contribution in [2.24, 2.45) is 28.6 Å².